The number of aromatic hydroxyl groups is 1. The number of hydrogen-bond acceptors (Lipinski definition) is 3. The molecule has 0 heterocycles. The Hall–Kier alpha value is -1.26. The molecule has 0 saturated carbocycles. The van der Waals surface area contributed by atoms with Gasteiger partial charge in [-0.15, -0.1) is 0 Å². The summed E-state index contributed by atoms with van der Waals surface area (Å²) < 4.78 is 0. The number of aliphatic hydroxyl groups is 1. The number of carbonyl (C=O) groups is 1. The van der Waals surface area contributed by atoms with Crippen LogP contribution in [0.2, 0.25) is 5.02 Å². The molecule has 0 fully saturated rings. The predicted octanol–water partition coefficient (Wildman–Crippen LogP) is 2.57. The van der Waals surface area contributed by atoms with Crippen molar-refractivity contribution in [2.45, 2.75) is 32.8 Å². The Labute approximate surface area is 118 Å². The smallest absolute Gasteiger partial charge is 0.253 e. The molecule has 4 nitrogen and oxygen atoms in total. The van der Waals surface area contributed by atoms with Crippen molar-refractivity contribution in [1.29, 1.82) is 0 Å². The van der Waals surface area contributed by atoms with Crippen LogP contribution in [0, 0.1) is 5.92 Å². The maximum atomic E-state index is 11.9. The van der Waals surface area contributed by atoms with Gasteiger partial charge in [-0.05, 0) is 24.1 Å². The monoisotopic (exact) mass is 285 g/mol. The molecule has 0 radical (unpaired) electrons. The zero-order chi connectivity index (χ0) is 14.4. The molecular formula is C14H20ClNO3. The van der Waals surface area contributed by atoms with Crippen LogP contribution >= 0.6 is 11.6 Å². The van der Waals surface area contributed by atoms with E-state index in [4.69, 9.17) is 11.6 Å². The molecule has 1 amide bonds. The molecule has 0 aliphatic heterocycles. The molecule has 0 spiro atoms. The van der Waals surface area contributed by atoms with Crippen molar-refractivity contribution in [2.75, 3.05) is 6.54 Å². The summed E-state index contributed by atoms with van der Waals surface area (Å²) in [5, 5.41) is 22.2. The molecule has 1 rings (SSSR count). The van der Waals surface area contributed by atoms with E-state index in [9.17, 15) is 15.0 Å². The van der Waals surface area contributed by atoms with Gasteiger partial charge in [0.1, 0.15) is 5.75 Å². The molecule has 5 heteroatoms. The number of benzene rings is 1. The minimum atomic E-state index is -0.574. The number of carbonyl (C=O) groups excluding carboxylic acids is 1. The molecule has 3 N–H and O–H groups in total. The van der Waals surface area contributed by atoms with Crippen molar-refractivity contribution in [3.63, 3.8) is 0 Å². The Morgan fingerprint density at radius 2 is 2.00 bits per heavy atom. The van der Waals surface area contributed by atoms with E-state index in [-0.39, 0.29) is 28.8 Å². The molecule has 0 aliphatic rings. The van der Waals surface area contributed by atoms with E-state index in [0.717, 1.165) is 12.8 Å². The zero-order valence-corrected chi connectivity index (χ0v) is 11.9. The van der Waals surface area contributed by atoms with Crippen molar-refractivity contribution >= 4 is 17.5 Å². The first-order valence-corrected chi connectivity index (χ1v) is 6.82. The Morgan fingerprint density at radius 3 is 2.58 bits per heavy atom. The highest BCUT2D eigenvalue weighted by Gasteiger charge is 2.17. The zero-order valence-electron chi connectivity index (χ0n) is 11.2. The quantitative estimate of drug-likeness (QED) is 0.752. The summed E-state index contributed by atoms with van der Waals surface area (Å²) in [5.74, 6) is -0.249. The minimum Gasteiger partial charge on any atom is -0.508 e. The molecule has 0 aliphatic carbocycles. The molecule has 1 atom stereocenters. The minimum absolute atomic E-state index is 0.0184. The maximum Gasteiger partial charge on any atom is 0.253 e. The predicted molar refractivity (Wildman–Crippen MR) is 75.5 cm³/mol. The first kappa shape index (κ1) is 15.8. The Kier molecular flexibility index (Phi) is 6.12. The van der Waals surface area contributed by atoms with Crippen LogP contribution in [-0.2, 0) is 0 Å². The van der Waals surface area contributed by atoms with Crippen molar-refractivity contribution in [1.82, 2.24) is 5.32 Å². The van der Waals surface area contributed by atoms with Crippen LogP contribution in [0.4, 0.5) is 0 Å². The summed E-state index contributed by atoms with van der Waals surface area (Å²) in [6, 6.07) is 4.18. The number of rotatable bonds is 6. The van der Waals surface area contributed by atoms with Crippen molar-refractivity contribution in [2.24, 2.45) is 5.92 Å². The summed E-state index contributed by atoms with van der Waals surface area (Å²) in [7, 11) is 0. The molecule has 106 valence electrons. The lowest BCUT2D eigenvalue weighted by molar-refractivity contribution is 0.0816. The lowest BCUT2D eigenvalue weighted by Crippen LogP contribution is -2.36. The van der Waals surface area contributed by atoms with E-state index < -0.39 is 12.0 Å². The van der Waals surface area contributed by atoms with Gasteiger partial charge in [-0.3, -0.25) is 4.79 Å². The fraction of sp³-hybridized carbons (Fsp3) is 0.500. The van der Waals surface area contributed by atoms with Gasteiger partial charge in [-0.2, -0.15) is 0 Å². The molecular weight excluding hydrogens is 266 g/mol. The average molecular weight is 286 g/mol. The SMILES string of the molecule is CCC(CC)C(O)CNC(=O)c1cc(O)ccc1Cl. The highest BCUT2D eigenvalue weighted by atomic mass is 35.5. The normalized spacial score (nSPS) is 12.5. The molecule has 0 aromatic heterocycles. The van der Waals surface area contributed by atoms with Crippen LogP contribution < -0.4 is 5.32 Å². The van der Waals surface area contributed by atoms with Gasteiger partial charge in [0, 0.05) is 6.54 Å². The average Bonchev–Trinajstić information content (AvgIpc) is 2.40. The highest BCUT2D eigenvalue weighted by Crippen LogP contribution is 2.21. The molecule has 1 unspecified atom stereocenters. The second-order valence-electron chi connectivity index (χ2n) is 4.52. The Morgan fingerprint density at radius 1 is 1.37 bits per heavy atom. The highest BCUT2D eigenvalue weighted by molar-refractivity contribution is 6.33. The van der Waals surface area contributed by atoms with Gasteiger partial charge in [-0.25, -0.2) is 0 Å². The number of amides is 1. The first-order chi connectivity index (χ1) is 8.99. The number of phenols is 1. The third-order valence-corrected chi connectivity index (χ3v) is 3.59. The van der Waals surface area contributed by atoms with Gasteiger partial charge in [0.15, 0.2) is 0 Å². The van der Waals surface area contributed by atoms with Crippen LogP contribution in [0.3, 0.4) is 0 Å². The Balaban J connectivity index is 2.63. The van der Waals surface area contributed by atoms with Crippen LogP contribution in [0.15, 0.2) is 18.2 Å². The lowest BCUT2D eigenvalue weighted by atomic mass is 9.96. The van der Waals surface area contributed by atoms with Crippen molar-refractivity contribution in [3.8, 4) is 5.75 Å². The van der Waals surface area contributed by atoms with Gasteiger partial charge >= 0.3 is 0 Å². The van der Waals surface area contributed by atoms with E-state index >= 15 is 0 Å². The van der Waals surface area contributed by atoms with E-state index in [1.807, 2.05) is 13.8 Å². The summed E-state index contributed by atoms with van der Waals surface area (Å²) in [6.07, 6.45) is 1.15. The molecule has 0 saturated heterocycles. The fourth-order valence-electron chi connectivity index (χ4n) is 1.98. The number of hydrogen-bond donors (Lipinski definition) is 3. The molecule has 0 bridgehead atoms. The van der Waals surface area contributed by atoms with E-state index in [1.165, 1.54) is 18.2 Å². The van der Waals surface area contributed by atoms with Crippen LogP contribution in [0.5, 0.6) is 5.75 Å². The second kappa shape index (κ2) is 7.36. The third kappa shape index (κ3) is 4.40. The van der Waals surface area contributed by atoms with Gasteiger partial charge < -0.3 is 15.5 Å². The van der Waals surface area contributed by atoms with E-state index in [0.29, 0.717) is 0 Å². The first-order valence-electron chi connectivity index (χ1n) is 6.44. The van der Waals surface area contributed by atoms with Gasteiger partial charge in [0.25, 0.3) is 5.91 Å². The number of phenolic OH excluding ortho intramolecular Hbond substituents is 1. The van der Waals surface area contributed by atoms with Crippen molar-refractivity contribution < 1.29 is 15.0 Å². The van der Waals surface area contributed by atoms with Crippen LogP contribution in [0.1, 0.15) is 37.0 Å². The standard InChI is InChI=1S/C14H20ClNO3/c1-3-9(4-2)13(18)8-16-14(19)11-7-10(17)5-6-12(11)15/h5-7,9,13,17-18H,3-4,8H2,1-2H3,(H,16,19). The maximum absolute atomic E-state index is 11.9. The Bertz CT molecular complexity index is 433. The summed E-state index contributed by atoms with van der Waals surface area (Å²) >= 11 is 5.89. The topological polar surface area (TPSA) is 69.6 Å². The molecule has 19 heavy (non-hydrogen) atoms. The van der Waals surface area contributed by atoms with Crippen LogP contribution in [-0.4, -0.2) is 28.8 Å². The number of nitrogens with one attached hydrogen (secondary N) is 1. The number of aliphatic hydroxyl groups excluding tert-OH is 1. The van der Waals surface area contributed by atoms with Gasteiger partial charge in [-0.1, -0.05) is 38.3 Å². The van der Waals surface area contributed by atoms with Gasteiger partial charge in [0.2, 0.25) is 0 Å². The van der Waals surface area contributed by atoms with Crippen molar-refractivity contribution in [3.05, 3.63) is 28.8 Å². The summed E-state index contributed by atoms with van der Waals surface area (Å²) in [5.41, 5.74) is 0.207. The summed E-state index contributed by atoms with van der Waals surface area (Å²) in [6.45, 7) is 4.19. The third-order valence-electron chi connectivity index (χ3n) is 3.26. The van der Waals surface area contributed by atoms with E-state index in [1.54, 1.807) is 0 Å². The van der Waals surface area contributed by atoms with Gasteiger partial charge in [0.05, 0.1) is 16.7 Å². The van der Waals surface area contributed by atoms with Crippen LogP contribution in [0.25, 0.3) is 0 Å². The largest absolute Gasteiger partial charge is 0.508 e. The van der Waals surface area contributed by atoms with E-state index in [2.05, 4.69) is 5.32 Å². The fourth-order valence-corrected chi connectivity index (χ4v) is 2.18. The molecule has 1 aromatic rings. The second-order valence-corrected chi connectivity index (χ2v) is 4.93. The molecule has 1 aromatic carbocycles. The lowest BCUT2D eigenvalue weighted by Gasteiger charge is -2.20. The number of halogens is 1. The summed E-state index contributed by atoms with van der Waals surface area (Å²) in [4.78, 5) is 11.9.